The Balaban J connectivity index is 1.56. The third-order valence-corrected chi connectivity index (χ3v) is 4.53. The fourth-order valence-corrected chi connectivity index (χ4v) is 3.25. The Morgan fingerprint density at radius 2 is 2.09 bits per heavy atom. The molecular weight excluding hydrogens is 296 g/mol. The van der Waals surface area contributed by atoms with Crippen LogP contribution in [0.3, 0.4) is 0 Å². The molecule has 2 aliphatic rings. The number of nitrogens with zero attached hydrogens (tertiary/aromatic N) is 2. The number of likely N-dealkylation sites (tertiary alicyclic amines) is 1. The van der Waals surface area contributed by atoms with Crippen LogP contribution in [0.5, 0.6) is 5.75 Å². The van der Waals surface area contributed by atoms with Gasteiger partial charge in [-0.25, -0.2) is 0 Å². The molecule has 124 valence electrons. The van der Waals surface area contributed by atoms with Crippen LogP contribution in [0, 0.1) is 5.41 Å². The molecule has 2 amide bonds. The Hall–Kier alpha value is -2.08. The first-order chi connectivity index (χ1) is 11.1. The van der Waals surface area contributed by atoms with Crippen molar-refractivity contribution in [2.24, 2.45) is 5.41 Å². The molecule has 2 fully saturated rings. The lowest BCUT2D eigenvalue weighted by molar-refractivity contribution is -0.133. The molecule has 1 aromatic rings. The van der Waals surface area contributed by atoms with Crippen molar-refractivity contribution in [3.63, 3.8) is 0 Å². The molecule has 23 heavy (non-hydrogen) atoms. The number of hydrogen-bond donors (Lipinski definition) is 0. The number of hydrogen-bond acceptors (Lipinski definition) is 4. The van der Waals surface area contributed by atoms with Crippen LogP contribution >= 0.6 is 0 Å². The average molecular weight is 318 g/mol. The average Bonchev–Trinajstić information content (AvgIpc) is 2.91. The number of likely N-dealkylation sites (N-methyl/N-ethyl adjacent to an activating group) is 1. The highest BCUT2D eigenvalue weighted by Gasteiger charge is 2.43. The maximum absolute atomic E-state index is 12.4. The predicted octanol–water partition coefficient (Wildman–Crippen LogP) is 0.773. The first-order valence-electron chi connectivity index (χ1n) is 7.85. The first-order valence-corrected chi connectivity index (χ1v) is 7.85. The Morgan fingerprint density at radius 3 is 2.87 bits per heavy atom. The molecular formula is C17H22N2O4. The van der Waals surface area contributed by atoms with E-state index in [4.69, 9.17) is 9.47 Å². The van der Waals surface area contributed by atoms with Crippen LogP contribution in [0.15, 0.2) is 30.3 Å². The topological polar surface area (TPSA) is 59.1 Å². The van der Waals surface area contributed by atoms with Gasteiger partial charge in [0.25, 0.3) is 5.91 Å². The SMILES string of the molecule is CN1CC2(CCN(C(=O)COc3ccccc3)C2)COCC1=O. The van der Waals surface area contributed by atoms with Gasteiger partial charge in [0.1, 0.15) is 12.4 Å². The van der Waals surface area contributed by atoms with Gasteiger partial charge in [-0.3, -0.25) is 9.59 Å². The minimum atomic E-state index is -0.149. The molecule has 2 heterocycles. The third kappa shape index (κ3) is 3.64. The van der Waals surface area contributed by atoms with E-state index >= 15 is 0 Å². The second kappa shape index (κ2) is 6.58. The molecule has 0 aromatic heterocycles. The molecule has 6 nitrogen and oxygen atoms in total. The maximum Gasteiger partial charge on any atom is 0.260 e. The normalized spacial score (nSPS) is 24.8. The van der Waals surface area contributed by atoms with Gasteiger partial charge in [0.15, 0.2) is 6.61 Å². The molecule has 6 heteroatoms. The van der Waals surface area contributed by atoms with Crippen LogP contribution in [0.4, 0.5) is 0 Å². The second-order valence-corrected chi connectivity index (χ2v) is 6.41. The van der Waals surface area contributed by atoms with Crippen molar-refractivity contribution in [3.8, 4) is 5.75 Å². The number of amides is 2. The number of para-hydroxylation sites is 1. The van der Waals surface area contributed by atoms with Crippen LogP contribution in [0.25, 0.3) is 0 Å². The van der Waals surface area contributed by atoms with E-state index in [0.29, 0.717) is 32.0 Å². The van der Waals surface area contributed by atoms with Gasteiger partial charge >= 0.3 is 0 Å². The van der Waals surface area contributed by atoms with Crippen molar-refractivity contribution in [2.75, 3.05) is 46.5 Å². The molecule has 0 aliphatic carbocycles. The fraction of sp³-hybridized carbons (Fsp3) is 0.529. The van der Waals surface area contributed by atoms with Gasteiger partial charge in [-0.05, 0) is 18.6 Å². The summed E-state index contributed by atoms with van der Waals surface area (Å²) in [4.78, 5) is 27.6. The zero-order valence-electron chi connectivity index (χ0n) is 13.4. The van der Waals surface area contributed by atoms with E-state index in [2.05, 4.69) is 0 Å². The summed E-state index contributed by atoms with van der Waals surface area (Å²) in [5.74, 6) is 0.668. The third-order valence-electron chi connectivity index (χ3n) is 4.53. The highest BCUT2D eigenvalue weighted by atomic mass is 16.5. The smallest absolute Gasteiger partial charge is 0.260 e. The van der Waals surface area contributed by atoms with Gasteiger partial charge in [0.2, 0.25) is 5.91 Å². The van der Waals surface area contributed by atoms with E-state index in [1.807, 2.05) is 35.2 Å². The first kappa shape index (κ1) is 15.8. The molecule has 0 radical (unpaired) electrons. The zero-order valence-corrected chi connectivity index (χ0v) is 13.4. The van der Waals surface area contributed by atoms with Crippen LogP contribution in [0.1, 0.15) is 6.42 Å². The largest absolute Gasteiger partial charge is 0.484 e. The van der Waals surface area contributed by atoms with Crippen molar-refractivity contribution < 1.29 is 19.1 Å². The lowest BCUT2D eigenvalue weighted by Crippen LogP contribution is -2.42. The van der Waals surface area contributed by atoms with Crippen LogP contribution in [0.2, 0.25) is 0 Å². The zero-order chi connectivity index (χ0) is 16.3. The summed E-state index contributed by atoms with van der Waals surface area (Å²) in [7, 11) is 1.79. The van der Waals surface area contributed by atoms with Gasteiger partial charge in [0, 0.05) is 32.1 Å². The number of ether oxygens (including phenoxy) is 2. The number of benzene rings is 1. The Kier molecular flexibility index (Phi) is 4.52. The number of carbonyl (C=O) groups excluding carboxylic acids is 2. The summed E-state index contributed by atoms with van der Waals surface area (Å²) in [6.45, 7) is 2.62. The Bertz CT molecular complexity index is 577. The molecule has 1 unspecified atom stereocenters. The standard InChI is InChI=1S/C17H22N2O4/c1-18-11-17(13-22-9-15(18)20)7-8-19(12-17)16(21)10-23-14-5-3-2-4-6-14/h2-6H,7-13H2,1H3. The number of rotatable bonds is 3. The Morgan fingerprint density at radius 1 is 1.30 bits per heavy atom. The molecule has 1 spiro atoms. The molecule has 0 N–H and O–H groups in total. The van der Waals surface area contributed by atoms with E-state index in [-0.39, 0.29) is 30.4 Å². The highest BCUT2D eigenvalue weighted by Crippen LogP contribution is 2.33. The monoisotopic (exact) mass is 318 g/mol. The fourth-order valence-electron chi connectivity index (χ4n) is 3.25. The van der Waals surface area contributed by atoms with E-state index in [1.54, 1.807) is 11.9 Å². The molecule has 2 aliphatic heterocycles. The van der Waals surface area contributed by atoms with Crippen LogP contribution < -0.4 is 4.74 Å². The summed E-state index contributed by atoms with van der Waals surface area (Å²) in [5.41, 5.74) is -0.149. The van der Waals surface area contributed by atoms with Gasteiger partial charge in [0.05, 0.1) is 6.61 Å². The van der Waals surface area contributed by atoms with Crippen molar-refractivity contribution in [2.45, 2.75) is 6.42 Å². The highest BCUT2D eigenvalue weighted by molar-refractivity contribution is 5.79. The predicted molar refractivity (Wildman–Crippen MR) is 84.0 cm³/mol. The lowest BCUT2D eigenvalue weighted by Gasteiger charge is -2.29. The molecule has 0 bridgehead atoms. The van der Waals surface area contributed by atoms with Crippen LogP contribution in [-0.2, 0) is 14.3 Å². The molecule has 2 saturated heterocycles. The number of carbonyl (C=O) groups is 2. The van der Waals surface area contributed by atoms with Crippen molar-refractivity contribution in [3.05, 3.63) is 30.3 Å². The summed E-state index contributed by atoms with van der Waals surface area (Å²) in [6.07, 6.45) is 0.849. The van der Waals surface area contributed by atoms with Gasteiger partial charge in [-0.2, -0.15) is 0 Å². The van der Waals surface area contributed by atoms with Crippen molar-refractivity contribution >= 4 is 11.8 Å². The van der Waals surface area contributed by atoms with E-state index < -0.39 is 0 Å². The summed E-state index contributed by atoms with van der Waals surface area (Å²) < 4.78 is 11.0. The lowest BCUT2D eigenvalue weighted by atomic mass is 9.88. The minimum Gasteiger partial charge on any atom is -0.484 e. The van der Waals surface area contributed by atoms with E-state index in [9.17, 15) is 9.59 Å². The summed E-state index contributed by atoms with van der Waals surface area (Å²) >= 11 is 0. The van der Waals surface area contributed by atoms with E-state index in [1.165, 1.54) is 0 Å². The molecule has 1 aromatic carbocycles. The van der Waals surface area contributed by atoms with E-state index in [0.717, 1.165) is 6.42 Å². The van der Waals surface area contributed by atoms with Crippen molar-refractivity contribution in [1.82, 2.24) is 9.80 Å². The van der Waals surface area contributed by atoms with Gasteiger partial charge < -0.3 is 19.3 Å². The van der Waals surface area contributed by atoms with Gasteiger partial charge in [-0.15, -0.1) is 0 Å². The Labute approximate surface area is 136 Å². The summed E-state index contributed by atoms with van der Waals surface area (Å²) in [6, 6.07) is 9.32. The van der Waals surface area contributed by atoms with Crippen LogP contribution in [-0.4, -0.2) is 68.1 Å². The molecule has 0 saturated carbocycles. The van der Waals surface area contributed by atoms with Gasteiger partial charge in [-0.1, -0.05) is 18.2 Å². The quantitative estimate of drug-likeness (QED) is 0.826. The minimum absolute atomic E-state index is 0.000868. The second-order valence-electron chi connectivity index (χ2n) is 6.41. The molecule has 3 rings (SSSR count). The summed E-state index contributed by atoms with van der Waals surface area (Å²) in [5, 5.41) is 0. The van der Waals surface area contributed by atoms with Crippen molar-refractivity contribution in [1.29, 1.82) is 0 Å². The molecule has 1 atom stereocenters. The maximum atomic E-state index is 12.4.